The van der Waals surface area contributed by atoms with Crippen molar-refractivity contribution in [3.05, 3.63) is 105 Å². The first-order valence-corrected chi connectivity index (χ1v) is 10.1. The highest BCUT2D eigenvalue weighted by Gasteiger charge is 2.14. The average molecular weight is 456 g/mol. The van der Waals surface area contributed by atoms with Crippen molar-refractivity contribution in [2.45, 2.75) is 6.61 Å². The molecule has 0 spiro atoms. The van der Waals surface area contributed by atoms with Crippen molar-refractivity contribution in [2.24, 2.45) is 0 Å². The summed E-state index contributed by atoms with van der Waals surface area (Å²) in [5.74, 6) is 0.374. The summed E-state index contributed by atoms with van der Waals surface area (Å²) in [4.78, 5) is 23.1. The molecule has 0 aliphatic heterocycles. The normalized spacial score (nSPS) is 10.9. The van der Waals surface area contributed by atoms with Gasteiger partial charge in [-0.25, -0.2) is 4.68 Å². The number of phenolic OH excluding ortho intramolecular Hbond substituents is 1. The van der Waals surface area contributed by atoms with E-state index < -0.39 is 4.92 Å². The minimum absolute atomic E-state index is 0.00246. The lowest BCUT2D eigenvalue weighted by molar-refractivity contribution is -0.384. The number of phenols is 1. The molecule has 34 heavy (non-hydrogen) atoms. The Balaban J connectivity index is 1.40. The van der Waals surface area contributed by atoms with E-state index in [1.54, 1.807) is 18.3 Å². The molecular weight excluding hydrogens is 440 g/mol. The first kappa shape index (κ1) is 20.9. The number of rotatable bonds is 6. The van der Waals surface area contributed by atoms with Crippen molar-refractivity contribution < 1.29 is 19.2 Å². The van der Waals surface area contributed by atoms with Crippen LogP contribution in [0.4, 0.5) is 5.69 Å². The summed E-state index contributed by atoms with van der Waals surface area (Å²) in [6.45, 7) is 0.00246. The third-order valence-corrected chi connectivity index (χ3v) is 5.07. The monoisotopic (exact) mass is 456 g/mol. The number of hydrogen-bond acceptors (Lipinski definition) is 8. The highest BCUT2D eigenvalue weighted by molar-refractivity contribution is 5.86. The minimum Gasteiger partial charge on any atom is -0.507 e. The fourth-order valence-electron chi connectivity index (χ4n) is 3.47. The number of nitro groups is 1. The maximum Gasteiger partial charge on any atom is 0.271 e. The van der Waals surface area contributed by atoms with Crippen LogP contribution in [0.1, 0.15) is 5.69 Å². The number of fused-ring (bicyclic) bond motifs is 1. The van der Waals surface area contributed by atoms with Gasteiger partial charge < -0.3 is 14.3 Å². The molecule has 2 heterocycles. The zero-order valence-corrected chi connectivity index (χ0v) is 17.5. The van der Waals surface area contributed by atoms with Crippen LogP contribution in [0.5, 0.6) is 11.5 Å². The number of aromatic hydroxyl groups is 1. The summed E-state index contributed by atoms with van der Waals surface area (Å²) in [6, 6.07) is 19.3. The van der Waals surface area contributed by atoms with E-state index >= 15 is 0 Å². The fraction of sp³-hybridized carbons (Fsp3) is 0.0417. The molecule has 10 heteroatoms. The lowest BCUT2D eigenvalue weighted by Gasteiger charge is -2.08. The first-order chi connectivity index (χ1) is 16.5. The van der Waals surface area contributed by atoms with Crippen LogP contribution in [0, 0.1) is 10.1 Å². The van der Waals surface area contributed by atoms with Gasteiger partial charge >= 0.3 is 0 Å². The van der Waals surface area contributed by atoms with Crippen molar-refractivity contribution in [1.82, 2.24) is 15.0 Å². The Bertz CT molecular complexity index is 1580. The van der Waals surface area contributed by atoms with E-state index in [-0.39, 0.29) is 40.2 Å². The average Bonchev–Trinajstić information content (AvgIpc) is 3.32. The summed E-state index contributed by atoms with van der Waals surface area (Å²) in [6.07, 6.45) is 1.58. The zero-order chi connectivity index (χ0) is 23.7. The van der Waals surface area contributed by atoms with E-state index in [0.717, 1.165) is 5.56 Å². The highest BCUT2D eigenvalue weighted by atomic mass is 16.6. The number of aromatic nitrogens is 3. The molecule has 168 valence electrons. The van der Waals surface area contributed by atoms with Gasteiger partial charge in [0.25, 0.3) is 5.69 Å². The van der Waals surface area contributed by atoms with Crippen molar-refractivity contribution in [3.8, 4) is 28.5 Å². The number of hydrogen-bond donors (Lipinski definition) is 1. The molecule has 2 aromatic heterocycles. The van der Waals surface area contributed by atoms with Crippen molar-refractivity contribution >= 4 is 16.7 Å². The predicted octanol–water partition coefficient (Wildman–Crippen LogP) is 4.23. The predicted molar refractivity (Wildman–Crippen MR) is 122 cm³/mol. The van der Waals surface area contributed by atoms with Gasteiger partial charge in [-0.1, -0.05) is 41.6 Å². The number of nitro benzene ring substituents is 1. The van der Waals surface area contributed by atoms with E-state index in [0.29, 0.717) is 17.1 Å². The van der Waals surface area contributed by atoms with Crippen LogP contribution < -0.4 is 10.2 Å². The van der Waals surface area contributed by atoms with E-state index in [4.69, 9.17) is 9.15 Å². The van der Waals surface area contributed by atoms with Gasteiger partial charge in [0.15, 0.2) is 5.43 Å². The number of nitrogens with zero attached hydrogens (tertiary/aromatic N) is 4. The summed E-state index contributed by atoms with van der Waals surface area (Å²) in [5.41, 5.74) is 1.40. The third-order valence-electron chi connectivity index (χ3n) is 5.07. The van der Waals surface area contributed by atoms with Crippen LogP contribution in [-0.2, 0) is 6.61 Å². The molecule has 0 unspecified atom stereocenters. The Labute approximate surface area is 191 Å². The van der Waals surface area contributed by atoms with Gasteiger partial charge in [0, 0.05) is 35.9 Å². The second kappa shape index (κ2) is 8.51. The zero-order valence-electron chi connectivity index (χ0n) is 17.5. The van der Waals surface area contributed by atoms with Gasteiger partial charge in [-0.15, -0.1) is 5.10 Å². The molecule has 0 saturated carbocycles. The van der Waals surface area contributed by atoms with Gasteiger partial charge in [-0.05, 0) is 6.07 Å². The second-order valence-corrected chi connectivity index (χ2v) is 7.38. The van der Waals surface area contributed by atoms with Crippen LogP contribution in [0.2, 0.25) is 0 Å². The summed E-state index contributed by atoms with van der Waals surface area (Å²) in [5, 5.41) is 29.4. The maximum atomic E-state index is 12.6. The van der Waals surface area contributed by atoms with Gasteiger partial charge in [0.05, 0.1) is 16.8 Å². The summed E-state index contributed by atoms with van der Waals surface area (Å²) >= 11 is 0. The number of ether oxygens (including phenoxy) is 1. The number of non-ortho nitro benzene ring substituents is 1. The standard InChI is InChI=1S/C24H16N4O6/c29-20-10-19(11-23-24(20)21(30)12-22(34-23)15-5-2-1-3-6-15)33-14-16-13-27(26-25-16)17-7-4-8-18(9-17)28(31)32/h1-13,29H,14H2. The van der Waals surface area contributed by atoms with E-state index in [9.17, 15) is 20.0 Å². The van der Waals surface area contributed by atoms with Gasteiger partial charge in [-0.2, -0.15) is 0 Å². The van der Waals surface area contributed by atoms with Crippen molar-refractivity contribution in [2.75, 3.05) is 0 Å². The topological polar surface area (TPSA) is 134 Å². The Hall–Kier alpha value is -4.99. The lowest BCUT2D eigenvalue weighted by atomic mass is 10.1. The molecule has 0 amide bonds. The van der Waals surface area contributed by atoms with Crippen molar-refractivity contribution in [1.29, 1.82) is 0 Å². The minimum atomic E-state index is -0.488. The number of benzene rings is 3. The first-order valence-electron chi connectivity index (χ1n) is 10.1. The van der Waals surface area contributed by atoms with E-state index in [1.165, 1.54) is 35.0 Å². The molecule has 5 rings (SSSR count). The van der Waals surface area contributed by atoms with Crippen molar-refractivity contribution in [3.63, 3.8) is 0 Å². The molecule has 0 fully saturated rings. The third kappa shape index (κ3) is 4.07. The van der Waals surface area contributed by atoms with Crippen LogP contribution in [-0.4, -0.2) is 25.0 Å². The molecule has 0 atom stereocenters. The summed E-state index contributed by atoms with van der Waals surface area (Å²) in [7, 11) is 0. The molecule has 1 N–H and O–H groups in total. The van der Waals surface area contributed by atoms with Crippen LogP contribution >= 0.6 is 0 Å². The smallest absolute Gasteiger partial charge is 0.271 e. The van der Waals surface area contributed by atoms with Gasteiger partial charge in [0.1, 0.15) is 40.5 Å². The Morgan fingerprint density at radius 3 is 2.68 bits per heavy atom. The molecule has 0 bridgehead atoms. The van der Waals surface area contributed by atoms with Crippen LogP contribution in [0.25, 0.3) is 28.0 Å². The summed E-state index contributed by atoms with van der Waals surface area (Å²) < 4.78 is 13.0. The van der Waals surface area contributed by atoms with E-state index in [2.05, 4.69) is 10.3 Å². The largest absolute Gasteiger partial charge is 0.507 e. The second-order valence-electron chi connectivity index (χ2n) is 7.38. The van der Waals surface area contributed by atoms with Crippen LogP contribution in [0.15, 0.2) is 88.2 Å². The molecule has 0 aliphatic rings. The molecule has 0 radical (unpaired) electrons. The van der Waals surface area contributed by atoms with Gasteiger partial charge in [0.2, 0.25) is 0 Å². The fourth-order valence-corrected chi connectivity index (χ4v) is 3.47. The molecule has 0 aliphatic carbocycles. The molecule has 0 saturated heterocycles. The molecular formula is C24H16N4O6. The van der Waals surface area contributed by atoms with Gasteiger partial charge in [-0.3, -0.25) is 14.9 Å². The van der Waals surface area contributed by atoms with E-state index in [1.807, 2.05) is 30.3 Å². The quantitative estimate of drug-likeness (QED) is 0.296. The molecule has 3 aromatic carbocycles. The molecule has 10 nitrogen and oxygen atoms in total. The maximum absolute atomic E-state index is 12.6. The Morgan fingerprint density at radius 2 is 1.88 bits per heavy atom. The lowest BCUT2D eigenvalue weighted by Crippen LogP contribution is -2.02. The Kier molecular flexibility index (Phi) is 5.23. The SMILES string of the molecule is O=c1cc(-c2ccccc2)oc2cc(OCc3cn(-c4cccc([N+](=O)[O-])c4)nn3)cc(O)c12. The van der Waals surface area contributed by atoms with Crippen LogP contribution in [0.3, 0.4) is 0 Å². The molecule has 5 aromatic rings. The highest BCUT2D eigenvalue weighted by Crippen LogP contribution is 2.31. The Morgan fingerprint density at radius 1 is 1.06 bits per heavy atom.